The van der Waals surface area contributed by atoms with Gasteiger partial charge in [0.25, 0.3) is 10.5 Å². The third-order valence-electron chi connectivity index (χ3n) is 7.28. The summed E-state index contributed by atoms with van der Waals surface area (Å²) in [4.78, 5) is 67.5. The van der Waals surface area contributed by atoms with E-state index < -0.39 is 5.25 Å². The Morgan fingerprint density at radius 3 is 1.71 bits per heavy atom. The van der Waals surface area contributed by atoms with Gasteiger partial charge in [0.15, 0.2) is 18.7 Å². The summed E-state index contributed by atoms with van der Waals surface area (Å²) in [5.41, 5.74) is 3.34. The Hall–Kier alpha value is -5.47. The van der Waals surface area contributed by atoms with Crippen LogP contribution >= 0.6 is 23.5 Å². The number of hydrogen-bond donors (Lipinski definition) is 2. The van der Waals surface area contributed by atoms with Crippen LogP contribution in [0.5, 0.6) is 17.2 Å². The summed E-state index contributed by atoms with van der Waals surface area (Å²) in [6, 6.07) is 27.6. The number of thioether (sulfide) groups is 2. The molecule has 4 aromatic rings. The number of amides is 4. The van der Waals surface area contributed by atoms with Crippen molar-refractivity contribution in [1.82, 2.24) is 10.6 Å². The maximum absolute atomic E-state index is 12.2. The summed E-state index contributed by atoms with van der Waals surface area (Å²) in [6.07, 6.45) is 1.64. The molecule has 0 saturated carbocycles. The van der Waals surface area contributed by atoms with Crippen LogP contribution in [-0.2, 0) is 27.2 Å². The Bertz CT molecular complexity index is 1870. The lowest BCUT2D eigenvalue weighted by atomic mass is 10.1. The second-order valence-electron chi connectivity index (χ2n) is 11.2. The zero-order valence-corrected chi connectivity index (χ0v) is 29.8. The molecule has 6 rings (SSSR count). The zero-order chi connectivity index (χ0) is 37.5. The van der Waals surface area contributed by atoms with Gasteiger partial charge in [0.1, 0.15) is 29.7 Å². The fourth-order valence-electron chi connectivity index (χ4n) is 4.69. The van der Waals surface area contributed by atoms with E-state index in [2.05, 4.69) is 10.6 Å². The molecular formula is C38H35FN2O9S2. The summed E-state index contributed by atoms with van der Waals surface area (Å²) in [7, 11) is 1.55. The molecule has 11 nitrogen and oxygen atoms in total. The summed E-state index contributed by atoms with van der Waals surface area (Å²) in [6.45, 7) is 1.81. The number of ether oxygens (including phenoxy) is 3. The number of Topliss-reactive ketones (excluding diaryl/α,β-unsaturated/α-hetero) is 1. The van der Waals surface area contributed by atoms with Gasteiger partial charge in [-0.3, -0.25) is 39.4 Å². The van der Waals surface area contributed by atoms with Gasteiger partial charge in [-0.1, -0.05) is 72.1 Å². The van der Waals surface area contributed by atoms with Crippen LogP contribution < -0.4 is 24.8 Å². The maximum Gasteiger partial charge on any atom is 0.286 e. The van der Waals surface area contributed by atoms with Gasteiger partial charge in [-0.25, -0.2) is 4.39 Å². The molecule has 0 spiro atoms. The molecule has 2 aliphatic rings. The number of nitrogens with one attached hydrogen (secondary N) is 2. The van der Waals surface area contributed by atoms with Crippen molar-refractivity contribution in [3.8, 4) is 17.2 Å². The van der Waals surface area contributed by atoms with E-state index >= 15 is 0 Å². The van der Waals surface area contributed by atoms with E-state index in [1.54, 1.807) is 61.7 Å². The second-order valence-corrected chi connectivity index (χ2v) is 13.5. The Kier molecular flexibility index (Phi) is 15.0. The number of aryl methyl sites for hydroxylation is 1. The average molecular weight is 747 g/mol. The van der Waals surface area contributed by atoms with Crippen molar-refractivity contribution in [2.75, 3.05) is 20.3 Å². The Labute approximate surface area is 308 Å². The van der Waals surface area contributed by atoms with E-state index in [1.807, 2.05) is 37.3 Å². The molecule has 2 fully saturated rings. The van der Waals surface area contributed by atoms with Crippen LogP contribution in [0.3, 0.4) is 0 Å². The molecule has 0 aromatic heterocycles. The fraction of sp³-hybridized carbons (Fsp3) is 0.211. The molecule has 2 saturated heterocycles. The minimum Gasteiger partial charge on any atom is -0.497 e. The number of rotatable bonds is 12. The van der Waals surface area contributed by atoms with Gasteiger partial charge in [0.05, 0.1) is 17.6 Å². The maximum atomic E-state index is 12.2. The highest BCUT2D eigenvalue weighted by atomic mass is 32.2. The van der Waals surface area contributed by atoms with Crippen LogP contribution in [0, 0.1) is 12.7 Å². The molecular weight excluding hydrogens is 712 g/mol. The van der Waals surface area contributed by atoms with Crippen molar-refractivity contribution in [1.29, 1.82) is 0 Å². The quantitative estimate of drug-likeness (QED) is 0.127. The van der Waals surface area contributed by atoms with Crippen molar-refractivity contribution < 1.29 is 47.4 Å². The van der Waals surface area contributed by atoms with Crippen LogP contribution in [0.2, 0.25) is 0 Å². The van der Waals surface area contributed by atoms with Crippen LogP contribution in [0.4, 0.5) is 14.0 Å². The molecule has 14 heteroatoms. The van der Waals surface area contributed by atoms with Gasteiger partial charge >= 0.3 is 0 Å². The molecule has 4 aromatic carbocycles. The van der Waals surface area contributed by atoms with Crippen molar-refractivity contribution >= 4 is 57.9 Å². The Balaban J connectivity index is 0.000000200. The molecule has 2 unspecified atom stereocenters. The fourth-order valence-corrected chi connectivity index (χ4v) is 6.41. The normalized spacial score (nSPS) is 16.0. The second kappa shape index (κ2) is 19.8. The molecule has 0 radical (unpaired) electrons. The lowest BCUT2D eigenvalue weighted by molar-refractivity contribution is -0.119. The molecule has 0 aliphatic carbocycles. The summed E-state index contributed by atoms with van der Waals surface area (Å²) in [5, 5.41) is 3.15. The summed E-state index contributed by atoms with van der Waals surface area (Å²) >= 11 is 2.01. The number of hydrogen-bond acceptors (Lipinski definition) is 11. The largest absolute Gasteiger partial charge is 0.497 e. The van der Waals surface area contributed by atoms with Gasteiger partial charge in [0, 0.05) is 5.56 Å². The van der Waals surface area contributed by atoms with E-state index in [0.717, 1.165) is 40.2 Å². The molecule has 2 aliphatic heterocycles. The van der Waals surface area contributed by atoms with E-state index in [-0.39, 0.29) is 52.4 Å². The summed E-state index contributed by atoms with van der Waals surface area (Å²) in [5.74, 6) is 0.966. The van der Waals surface area contributed by atoms with E-state index in [1.165, 1.54) is 12.1 Å². The predicted molar refractivity (Wildman–Crippen MR) is 196 cm³/mol. The molecule has 2 N–H and O–H groups in total. The van der Waals surface area contributed by atoms with Crippen molar-refractivity contribution in [3.63, 3.8) is 0 Å². The Morgan fingerprint density at radius 2 is 1.27 bits per heavy atom. The standard InChI is InChI=1S/C19H17NO5S.C12H11NO4S.C7H7F/c1-24-15-4-2-3-13(10-15)16(21)11-25-14-7-5-12(6-8-14)9-17-18(22)20-19(23)26-17;14-5-6-17-9-3-1-8(2-4-9)7-10-11(15)13-12(16)18-10;1-6-3-2-4-7(8)5-6/h2-8,10,17H,9,11H2,1H3,(H,20,22,23);1-5,10H,6-7H2,(H,13,15,16);2-5H,1H3. The Morgan fingerprint density at radius 1 is 0.731 bits per heavy atom. The first-order valence-corrected chi connectivity index (χ1v) is 17.6. The average Bonchev–Trinajstić information content (AvgIpc) is 3.63. The minimum absolute atomic E-state index is 0.0226. The van der Waals surface area contributed by atoms with Crippen LogP contribution in [0.1, 0.15) is 27.0 Å². The highest BCUT2D eigenvalue weighted by molar-refractivity contribution is 8.15. The topological polar surface area (TPSA) is 154 Å². The highest BCUT2D eigenvalue weighted by Gasteiger charge is 2.32. The number of carbonyl (C=O) groups excluding carboxylic acids is 6. The van der Waals surface area contributed by atoms with Crippen LogP contribution in [-0.4, -0.2) is 65.2 Å². The first-order chi connectivity index (χ1) is 25.0. The van der Waals surface area contributed by atoms with Crippen molar-refractivity contribution in [2.24, 2.45) is 0 Å². The molecule has 4 amide bonds. The molecule has 0 bridgehead atoms. The number of aldehydes is 1. The van der Waals surface area contributed by atoms with Crippen LogP contribution in [0.15, 0.2) is 97.1 Å². The van der Waals surface area contributed by atoms with E-state index in [9.17, 15) is 33.2 Å². The number of benzene rings is 4. The SMILES string of the molecule is COc1cccc(C(=O)COc2ccc(CC3SC(=O)NC3=O)cc2)c1.Cc1cccc(F)c1.O=CCOc1ccc(CC2SC(=O)NC2=O)cc1. The van der Waals surface area contributed by atoms with E-state index in [4.69, 9.17) is 14.2 Å². The molecule has 2 atom stereocenters. The third-order valence-corrected chi connectivity index (χ3v) is 9.25. The number of imide groups is 2. The monoisotopic (exact) mass is 746 g/mol. The van der Waals surface area contributed by atoms with Gasteiger partial charge in [-0.2, -0.15) is 0 Å². The molecule has 52 heavy (non-hydrogen) atoms. The smallest absolute Gasteiger partial charge is 0.286 e. The van der Waals surface area contributed by atoms with E-state index in [0.29, 0.717) is 41.9 Å². The first-order valence-electron chi connectivity index (χ1n) is 15.8. The lowest BCUT2D eigenvalue weighted by Gasteiger charge is -2.09. The number of methoxy groups -OCH3 is 1. The van der Waals surface area contributed by atoms with Crippen molar-refractivity contribution in [2.45, 2.75) is 30.3 Å². The number of carbonyl (C=O) groups is 6. The number of halogens is 1. The highest BCUT2D eigenvalue weighted by Crippen LogP contribution is 2.25. The zero-order valence-electron chi connectivity index (χ0n) is 28.2. The number of ketones is 1. The van der Waals surface area contributed by atoms with Crippen LogP contribution in [0.25, 0.3) is 0 Å². The van der Waals surface area contributed by atoms with Gasteiger partial charge in [0.2, 0.25) is 11.8 Å². The van der Waals surface area contributed by atoms with Gasteiger partial charge in [-0.05, 0) is 85.0 Å². The van der Waals surface area contributed by atoms with Crippen molar-refractivity contribution in [3.05, 3.63) is 125 Å². The summed E-state index contributed by atoms with van der Waals surface area (Å²) < 4.78 is 27.9. The van der Waals surface area contributed by atoms with Gasteiger partial charge in [-0.15, -0.1) is 0 Å². The third kappa shape index (κ3) is 12.7. The molecule has 270 valence electrons. The predicted octanol–water partition coefficient (Wildman–Crippen LogP) is 6.14. The first kappa shape index (κ1) is 39.3. The molecule has 2 heterocycles. The lowest BCUT2D eigenvalue weighted by Crippen LogP contribution is -2.25. The minimum atomic E-state index is -0.399. The van der Waals surface area contributed by atoms with Gasteiger partial charge < -0.3 is 14.2 Å².